The Kier molecular flexibility index (Phi) is 5.25. The van der Waals surface area contributed by atoms with Crippen LogP contribution in [0.2, 0.25) is 0 Å². The molecule has 0 saturated heterocycles. The van der Waals surface area contributed by atoms with Crippen molar-refractivity contribution >= 4 is 0 Å². The van der Waals surface area contributed by atoms with Crippen LogP contribution in [0, 0.1) is 10.8 Å². The predicted octanol–water partition coefficient (Wildman–Crippen LogP) is 3.57. The van der Waals surface area contributed by atoms with Crippen LogP contribution in [0.3, 0.4) is 0 Å². The lowest BCUT2D eigenvalue weighted by atomic mass is 9.62. The third-order valence-electron chi connectivity index (χ3n) is 3.95. The Morgan fingerprint density at radius 3 is 2.11 bits per heavy atom. The average molecular weight is 254 g/mol. The molecule has 1 aliphatic rings. The van der Waals surface area contributed by atoms with Gasteiger partial charge in [-0.25, -0.2) is 0 Å². The first-order valence-electron chi connectivity index (χ1n) is 7.61. The van der Waals surface area contributed by atoms with E-state index >= 15 is 0 Å². The van der Waals surface area contributed by atoms with Crippen LogP contribution in [0.1, 0.15) is 67.7 Å². The van der Waals surface area contributed by atoms with E-state index in [1.54, 1.807) is 0 Å². The quantitative estimate of drug-likeness (QED) is 0.784. The van der Waals surface area contributed by atoms with Gasteiger partial charge in [0, 0.05) is 24.7 Å². The number of nitrogens with one attached hydrogen (secondary N) is 2. The molecule has 2 atom stereocenters. The summed E-state index contributed by atoms with van der Waals surface area (Å²) in [4.78, 5) is 0. The molecule has 2 nitrogen and oxygen atoms in total. The molecule has 0 radical (unpaired) electrons. The van der Waals surface area contributed by atoms with E-state index in [-0.39, 0.29) is 0 Å². The second kappa shape index (κ2) is 5.92. The van der Waals surface area contributed by atoms with Crippen molar-refractivity contribution < 1.29 is 0 Å². The molecule has 0 heterocycles. The van der Waals surface area contributed by atoms with E-state index in [2.05, 4.69) is 59.1 Å². The van der Waals surface area contributed by atoms with Gasteiger partial charge in [0.2, 0.25) is 0 Å². The summed E-state index contributed by atoms with van der Waals surface area (Å²) >= 11 is 0. The fourth-order valence-electron chi connectivity index (χ4n) is 3.81. The molecule has 108 valence electrons. The zero-order valence-corrected chi connectivity index (χ0v) is 13.6. The summed E-state index contributed by atoms with van der Waals surface area (Å²) in [5.41, 5.74) is 0.886. The first-order valence-corrected chi connectivity index (χ1v) is 7.61. The summed E-state index contributed by atoms with van der Waals surface area (Å²) in [6.45, 7) is 17.4. The fourth-order valence-corrected chi connectivity index (χ4v) is 3.81. The third-order valence-corrected chi connectivity index (χ3v) is 3.95. The van der Waals surface area contributed by atoms with Gasteiger partial charge in [0.05, 0.1) is 0 Å². The molecule has 0 aromatic carbocycles. The summed E-state index contributed by atoms with van der Waals surface area (Å²) in [6, 6.07) is 1.85. The van der Waals surface area contributed by atoms with Gasteiger partial charge in [0.15, 0.2) is 0 Å². The summed E-state index contributed by atoms with van der Waals surface area (Å²) in [6.07, 6.45) is 3.94. The molecule has 0 aromatic rings. The van der Waals surface area contributed by atoms with Crippen LogP contribution in [0.5, 0.6) is 0 Å². The maximum atomic E-state index is 3.75. The van der Waals surface area contributed by atoms with Gasteiger partial charge in [-0.2, -0.15) is 0 Å². The minimum Gasteiger partial charge on any atom is -0.314 e. The van der Waals surface area contributed by atoms with Crippen LogP contribution in [-0.2, 0) is 0 Å². The first-order chi connectivity index (χ1) is 8.12. The summed E-state index contributed by atoms with van der Waals surface area (Å²) in [7, 11) is 0. The number of rotatable bonds is 5. The SMILES string of the molecule is CC(C)NC[C@]1(C)C[C@@H](NC(C)C)CC(C)(C)C1. The van der Waals surface area contributed by atoms with Crippen LogP contribution >= 0.6 is 0 Å². The van der Waals surface area contributed by atoms with Crippen molar-refractivity contribution in [2.45, 2.75) is 85.9 Å². The van der Waals surface area contributed by atoms with Gasteiger partial charge >= 0.3 is 0 Å². The van der Waals surface area contributed by atoms with E-state index in [0.29, 0.717) is 29.0 Å². The van der Waals surface area contributed by atoms with Gasteiger partial charge in [-0.05, 0) is 30.1 Å². The standard InChI is InChI=1S/C16H34N2/c1-12(2)17-11-16(7)9-14(18-13(3)4)8-15(5,6)10-16/h12-14,17-18H,8-11H2,1-7H3/t14-,16+/m0/s1. The van der Waals surface area contributed by atoms with Crippen molar-refractivity contribution in [2.75, 3.05) is 6.54 Å². The molecule has 0 bridgehead atoms. The van der Waals surface area contributed by atoms with Crippen LogP contribution in [0.15, 0.2) is 0 Å². The van der Waals surface area contributed by atoms with Crippen molar-refractivity contribution in [3.05, 3.63) is 0 Å². The second-order valence-corrected chi connectivity index (χ2v) is 8.11. The molecular weight excluding hydrogens is 220 g/mol. The van der Waals surface area contributed by atoms with E-state index in [4.69, 9.17) is 0 Å². The Bertz CT molecular complexity index is 258. The van der Waals surface area contributed by atoms with Gasteiger partial charge in [0.25, 0.3) is 0 Å². The minimum absolute atomic E-state index is 0.429. The van der Waals surface area contributed by atoms with Gasteiger partial charge in [-0.3, -0.25) is 0 Å². The highest BCUT2D eigenvalue weighted by Crippen LogP contribution is 2.45. The van der Waals surface area contributed by atoms with E-state index in [0.717, 1.165) is 6.54 Å². The smallest absolute Gasteiger partial charge is 0.00801 e. The van der Waals surface area contributed by atoms with Crippen LogP contribution in [-0.4, -0.2) is 24.7 Å². The Morgan fingerprint density at radius 2 is 1.61 bits per heavy atom. The second-order valence-electron chi connectivity index (χ2n) is 8.11. The fraction of sp³-hybridized carbons (Fsp3) is 1.00. The van der Waals surface area contributed by atoms with E-state index in [1.165, 1.54) is 19.3 Å². The van der Waals surface area contributed by atoms with Gasteiger partial charge in [0.1, 0.15) is 0 Å². The molecule has 1 aliphatic carbocycles. The Morgan fingerprint density at radius 1 is 1.00 bits per heavy atom. The largest absolute Gasteiger partial charge is 0.314 e. The Labute approximate surface area is 114 Å². The highest BCUT2D eigenvalue weighted by atomic mass is 15.0. The van der Waals surface area contributed by atoms with E-state index < -0.39 is 0 Å². The maximum absolute atomic E-state index is 3.75. The zero-order chi connectivity index (χ0) is 14.0. The minimum atomic E-state index is 0.429. The summed E-state index contributed by atoms with van der Waals surface area (Å²) in [5.74, 6) is 0. The predicted molar refractivity (Wildman–Crippen MR) is 80.9 cm³/mol. The molecule has 1 saturated carbocycles. The molecule has 1 fully saturated rings. The topological polar surface area (TPSA) is 24.1 Å². The molecule has 0 aromatic heterocycles. The molecule has 0 spiro atoms. The van der Waals surface area contributed by atoms with Crippen LogP contribution < -0.4 is 10.6 Å². The van der Waals surface area contributed by atoms with E-state index in [1.807, 2.05) is 0 Å². The Balaban J connectivity index is 2.66. The van der Waals surface area contributed by atoms with Crippen molar-refractivity contribution in [3.63, 3.8) is 0 Å². The molecule has 0 unspecified atom stereocenters. The number of hydrogen-bond donors (Lipinski definition) is 2. The molecule has 0 aliphatic heterocycles. The van der Waals surface area contributed by atoms with Crippen LogP contribution in [0.25, 0.3) is 0 Å². The molecule has 0 amide bonds. The lowest BCUT2D eigenvalue weighted by Crippen LogP contribution is -2.50. The molecule has 1 rings (SSSR count). The van der Waals surface area contributed by atoms with Crippen molar-refractivity contribution in [1.29, 1.82) is 0 Å². The summed E-state index contributed by atoms with van der Waals surface area (Å²) < 4.78 is 0. The summed E-state index contributed by atoms with van der Waals surface area (Å²) in [5, 5.41) is 7.39. The van der Waals surface area contributed by atoms with Gasteiger partial charge in [-0.15, -0.1) is 0 Å². The molecule has 2 N–H and O–H groups in total. The van der Waals surface area contributed by atoms with Crippen molar-refractivity contribution in [3.8, 4) is 0 Å². The lowest BCUT2D eigenvalue weighted by molar-refractivity contribution is 0.0661. The zero-order valence-electron chi connectivity index (χ0n) is 13.6. The maximum Gasteiger partial charge on any atom is 0.00801 e. The molecule has 18 heavy (non-hydrogen) atoms. The van der Waals surface area contributed by atoms with Crippen LogP contribution in [0.4, 0.5) is 0 Å². The third kappa shape index (κ3) is 5.27. The first kappa shape index (κ1) is 16.0. The normalized spacial score (nSPS) is 32.2. The lowest BCUT2D eigenvalue weighted by Gasteiger charge is -2.48. The molecular formula is C16H34N2. The average Bonchev–Trinajstić information content (AvgIpc) is 2.10. The van der Waals surface area contributed by atoms with Crippen molar-refractivity contribution in [1.82, 2.24) is 10.6 Å². The van der Waals surface area contributed by atoms with Gasteiger partial charge < -0.3 is 10.6 Å². The monoisotopic (exact) mass is 254 g/mol. The van der Waals surface area contributed by atoms with Crippen molar-refractivity contribution in [2.24, 2.45) is 10.8 Å². The highest BCUT2D eigenvalue weighted by Gasteiger charge is 2.41. The van der Waals surface area contributed by atoms with Gasteiger partial charge in [-0.1, -0.05) is 48.5 Å². The molecule has 2 heteroatoms. The van der Waals surface area contributed by atoms with E-state index in [9.17, 15) is 0 Å². The number of hydrogen-bond acceptors (Lipinski definition) is 2. The highest BCUT2D eigenvalue weighted by molar-refractivity contribution is 4.95. The Hall–Kier alpha value is -0.0800.